The predicted molar refractivity (Wildman–Crippen MR) is 74.0 cm³/mol. The number of rotatable bonds is 0. The monoisotopic (exact) mass is 243 g/mol. The number of anilines is 2. The number of nitrogens with zero attached hydrogens (tertiary/aromatic N) is 2. The highest BCUT2D eigenvalue weighted by Gasteiger charge is 2.40. The Bertz CT molecular complexity index is 445. The van der Waals surface area contributed by atoms with Gasteiger partial charge in [0.2, 0.25) is 0 Å². The molecule has 3 heterocycles. The zero-order valence-corrected chi connectivity index (χ0v) is 10.8. The SMILES string of the molecule is c1cc2c(cn1)NCC1CCC3CCCCC3N21. The smallest absolute Gasteiger partial charge is 0.0765 e. The highest BCUT2D eigenvalue weighted by atomic mass is 15.3. The van der Waals surface area contributed by atoms with Crippen molar-refractivity contribution in [2.24, 2.45) is 5.92 Å². The minimum atomic E-state index is 0.708. The summed E-state index contributed by atoms with van der Waals surface area (Å²) < 4.78 is 0. The molecule has 3 unspecified atom stereocenters. The molecule has 3 heteroatoms. The molecule has 3 aliphatic rings. The third-order valence-corrected chi connectivity index (χ3v) is 5.09. The maximum absolute atomic E-state index is 4.25. The standard InChI is InChI=1S/C15H21N3/c1-2-4-14-11(3-1)5-6-12-9-17-13-10-16-8-7-15(13)18(12)14/h7-8,10-12,14,17H,1-6,9H2. The summed E-state index contributed by atoms with van der Waals surface area (Å²) in [6, 6.07) is 3.70. The van der Waals surface area contributed by atoms with Crippen molar-refractivity contribution in [3.05, 3.63) is 18.5 Å². The molecule has 0 radical (unpaired) electrons. The molecule has 1 aromatic rings. The van der Waals surface area contributed by atoms with Gasteiger partial charge in [-0.15, -0.1) is 0 Å². The van der Waals surface area contributed by atoms with Crippen LogP contribution in [-0.4, -0.2) is 23.6 Å². The van der Waals surface area contributed by atoms with Gasteiger partial charge in [-0.2, -0.15) is 0 Å². The van der Waals surface area contributed by atoms with Crippen molar-refractivity contribution in [2.45, 2.75) is 50.6 Å². The lowest BCUT2D eigenvalue weighted by Gasteiger charge is -2.52. The minimum Gasteiger partial charge on any atom is -0.380 e. The second-order valence-corrected chi connectivity index (χ2v) is 6.02. The Balaban J connectivity index is 1.74. The van der Waals surface area contributed by atoms with Crippen LogP contribution < -0.4 is 10.2 Å². The largest absolute Gasteiger partial charge is 0.380 e. The van der Waals surface area contributed by atoms with Crippen LogP contribution in [0.4, 0.5) is 11.4 Å². The van der Waals surface area contributed by atoms with Crippen LogP contribution in [0, 0.1) is 5.92 Å². The van der Waals surface area contributed by atoms with Gasteiger partial charge in [0.1, 0.15) is 0 Å². The van der Waals surface area contributed by atoms with Crippen LogP contribution in [0.5, 0.6) is 0 Å². The van der Waals surface area contributed by atoms with E-state index in [-0.39, 0.29) is 0 Å². The van der Waals surface area contributed by atoms with Crippen molar-refractivity contribution in [1.29, 1.82) is 0 Å². The van der Waals surface area contributed by atoms with E-state index in [1.165, 1.54) is 49.9 Å². The fraction of sp³-hybridized carbons (Fsp3) is 0.667. The van der Waals surface area contributed by atoms with Crippen LogP contribution >= 0.6 is 0 Å². The first kappa shape index (κ1) is 10.7. The van der Waals surface area contributed by atoms with Crippen molar-refractivity contribution < 1.29 is 0 Å². The van der Waals surface area contributed by atoms with Crippen LogP contribution in [0.15, 0.2) is 18.5 Å². The summed E-state index contributed by atoms with van der Waals surface area (Å²) in [4.78, 5) is 6.99. The van der Waals surface area contributed by atoms with Gasteiger partial charge in [-0.1, -0.05) is 12.8 Å². The van der Waals surface area contributed by atoms with Crippen molar-refractivity contribution in [2.75, 3.05) is 16.8 Å². The van der Waals surface area contributed by atoms with Gasteiger partial charge in [0, 0.05) is 24.8 Å². The number of piperidine rings is 1. The number of hydrogen-bond donors (Lipinski definition) is 1. The molecule has 96 valence electrons. The molecule has 0 aromatic carbocycles. The number of nitrogens with one attached hydrogen (secondary N) is 1. The van der Waals surface area contributed by atoms with E-state index < -0.39 is 0 Å². The first-order chi connectivity index (χ1) is 8.93. The van der Waals surface area contributed by atoms with Gasteiger partial charge in [0.15, 0.2) is 0 Å². The van der Waals surface area contributed by atoms with E-state index in [9.17, 15) is 0 Å². The van der Waals surface area contributed by atoms with E-state index in [0.717, 1.165) is 18.5 Å². The molecular formula is C15H21N3. The van der Waals surface area contributed by atoms with E-state index in [4.69, 9.17) is 0 Å². The summed E-state index contributed by atoms with van der Waals surface area (Å²) in [5.74, 6) is 0.939. The molecule has 0 spiro atoms. The van der Waals surface area contributed by atoms with Gasteiger partial charge in [0.25, 0.3) is 0 Å². The van der Waals surface area contributed by atoms with E-state index in [1.54, 1.807) is 0 Å². The topological polar surface area (TPSA) is 28.2 Å². The molecule has 1 aromatic heterocycles. The Labute approximate surface area is 109 Å². The zero-order valence-electron chi connectivity index (χ0n) is 10.8. The number of pyridine rings is 1. The van der Waals surface area contributed by atoms with E-state index >= 15 is 0 Å². The molecule has 1 saturated carbocycles. The lowest BCUT2D eigenvalue weighted by molar-refractivity contribution is 0.215. The Morgan fingerprint density at radius 3 is 3.11 bits per heavy atom. The van der Waals surface area contributed by atoms with Crippen molar-refractivity contribution >= 4 is 11.4 Å². The average Bonchev–Trinajstić information content (AvgIpc) is 2.46. The molecule has 2 aliphatic heterocycles. The summed E-state index contributed by atoms with van der Waals surface area (Å²) >= 11 is 0. The summed E-state index contributed by atoms with van der Waals surface area (Å²) in [6.45, 7) is 1.10. The minimum absolute atomic E-state index is 0.708. The number of aromatic nitrogens is 1. The first-order valence-electron chi connectivity index (χ1n) is 7.40. The average molecular weight is 243 g/mol. The summed E-state index contributed by atoms with van der Waals surface area (Å²) in [5, 5.41) is 3.55. The van der Waals surface area contributed by atoms with Crippen LogP contribution in [0.1, 0.15) is 38.5 Å². The summed E-state index contributed by atoms with van der Waals surface area (Å²) in [6.07, 6.45) is 12.4. The third-order valence-electron chi connectivity index (χ3n) is 5.09. The van der Waals surface area contributed by atoms with E-state index in [0.29, 0.717) is 6.04 Å². The Morgan fingerprint density at radius 2 is 2.11 bits per heavy atom. The maximum atomic E-state index is 4.25. The molecule has 1 N–H and O–H groups in total. The van der Waals surface area contributed by atoms with E-state index in [2.05, 4.69) is 21.3 Å². The molecular weight excluding hydrogens is 222 g/mol. The summed E-state index contributed by atoms with van der Waals surface area (Å²) in [5.41, 5.74) is 2.64. The normalized spacial score (nSPS) is 34.0. The van der Waals surface area contributed by atoms with Crippen LogP contribution in [-0.2, 0) is 0 Å². The van der Waals surface area contributed by atoms with Gasteiger partial charge in [-0.05, 0) is 37.7 Å². The molecule has 3 atom stereocenters. The predicted octanol–water partition coefficient (Wildman–Crippen LogP) is 3.03. The maximum Gasteiger partial charge on any atom is 0.0765 e. The molecule has 1 aliphatic carbocycles. The first-order valence-corrected chi connectivity index (χ1v) is 7.40. The Kier molecular flexibility index (Phi) is 2.45. The lowest BCUT2D eigenvalue weighted by atomic mass is 9.75. The highest BCUT2D eigenvalue weighted by Crippen LogP contribution is 2.44. The third kappa shape index (κ3) is 1.53. The van der Waals surface area contributed by atoms with Gasteiger partial charge in [0.05, 0.1) is 17.6 Å². The van der Waals surface area contributed by atoms with Gasteiger partial charge in [-0.25, -0.2) is 0 Å². The molecule has 3 nitrogen and oxygen atoms in total. The van der Waals surface area contributed by atoms with Crippen LogP contribution in [0.3, 0.4) is 0 Å². The molecule has 0 bridgehead atoms. The molecule has 2 fully saturated rings. The fourth-order valence-electron chi connectivity index (χ4n) is 4.26. The quantitative estimate of drug-likeness (QED) is 0.759. The Morgan fingerprint density at radius 1 is 1.17 bits per heavy atom. The van der Waals surface area contributed by atoms with Crippen molar-refractivity contribution in [1.82, 2.24) is 4.98 Å². The highest BCUT2D eigenvalue weighted by molar-refractivity contribution is 5.72. The lowest BCUT2D eigenvalue weighted by Crippen LogP contribution is -2.56. The Hall–Kier alpha value is -1.25. The van der Waals surface area contributed by atoms with Crippen LogP contribution in [0.2, 0.25) is 0 Å². The second-order valence-electron chi connectivity index (χ2n) is 6.02. The molecule has 0 amide bonds. The fourth-order valence-corrected chi connectivity index (χ4v) is 4.26. The summed E-state index contributed by atoms with van der Waals surface area (Å²) in [7, 11) is 0. The van der Waals surface area contributed by atoms with Crippen molar-refractivity contribution in [3.8, 4) is 0 Å². The van der Waals surface area contributed by atoms with Gasteiger partial charge >= 0.3 is 0 Å². The number of hydrogen-bond acceptors (Lipinski definition) is 3. The molecule has 18 heavy (non-hydrogen) atoms. The van der Waals surface area contributed by atoms with Gasteiger partial charge < -0.3 is 10.2 Å². The number of fused-ring (bicyclic) bond motifs is 5. The molecule has 1 saturated heterocycles. The second kappa shape index (κ2) is 4.15. The van der Waals surface area contributed by atoms with E-state index in [1.807, 2.05) is 12.4 Å². The zero-order chi connectivity index (χ0) is 11.9. The molecule has 4 rings (SSSR count). The van der Waals surface area contributed by atoms with Crippen molar-refractivity contribution in [3.63, 3.8) is 0 Å². The van der Waals surface area contributed by atoms with Crippen LogP contribution in [0.25, 0.3) is 0 Å². The van der Waals surface area contributed by atoms with Gasteiger partial charge in [-0.3, -0.25) is 4.98 Å².